The smallest absolute Gasteiger partial charge is 0.367 e. The van der Waals surface area contributed by atoms with Crippen LogP contribution in [0.3, 0.4) is 0 Å². The van der Waals surface area contributed by atoms with Crippen molar-refractivity contribution in [1.29, 1.82) is 0 Å². The molecule has 1 aliphatic heterocycles. The topological polar surface area (TPSA) is 71.7 Å². The van der Waals surface area contributed by atoms with Crippen molar-refractivity contribution in [2.75, 3.05) is 32.8 Å². The van der Waals surface area contributed by atoms with Gasteiger partial charge in [-0.3, -0.25) is 9.69 Å². The molecule has 4 rings (SSSR count). The van der Waals surface area contributed by atoms with Crippen LogP contribution in [0.2, 0.25) is 0 Å². The average molecular weight is 460 g/mol. The normalized spacial score (nSPS) is 15.1. The number of nitrogens with zero attached hydrogens (tertiary/aromatic N) is 4. The highest BCUT2D eigenvalue weighted by Crippen LogP contribution is 2.31. The molecule has 33 heavy (non-hydrogen) atoms. The summed E-state index contributed by atoms with van der Waals surface area (Å²) in [6.07, 6.45) is -4.44. The summed E-state index contributed by atoms with van der Waals surface area (Å²) < 4.78 is 49.5. The fourth-order valence-electron chi connectivity index (χ4n) is 3.54. The summed E-state index contributed by atoms with van der Waals surface area (Å²) in [4.78, 5) is 20.4. The molecule has 0 atom stereocenters. The van der Waals surface area contributed by atoms with Crippen molar-refractivity contribution >= 4 is 5.91 Å². The molecule has 0 saturated carbocycles. The van der Waals surface area contributed by atoms with Crippen LogP contribution >= 0.6 is 0 Å². The van der Waals surface area contributed by atoms with Crippen molar-refractivity contribution in [3.8, 4) is 11.4 Å². The zero-order valence-corrected chi connectivity index (χ0v) is 17.8. The number of hydrogen-bond acceptors (Lipinski definition) is 6. The van der Waals surface area contributed by atoms with E-state index in [0.29, 0.717) is 45.2 Å². The summed E-state index contributed by atoms with van der Waals surface area (Å²) in [6.45, 7) is 3.09. The second-order valence-electron chi connectivity index (χ2n) is 7.73. The van der Waals surface area contributed by atoms with Crippen LogP contribution in [0.25, 0.3) is 11.4 Å². The number of alkyl halides is 3. The SMILES string of the molecule is O=C(COCc1ccccc1)N1CCN(Cc2nc(-c3cccc(C(F)(F)F)c3)no2)CC1. The monoisotopic (exact) mass is 460 g/mol. The summed E-state index contributed by atoms with van der Waals surface area (Å²) in [5.74, 6) is 0.365. The fraction of sp³-hybridized carbons (Fsp3) is 0.348. The number of rotatable bonds is 7. The molecule has 0 spiro atoms. The lowest BCUT2D eigenvalue weighted by Gasteiger charge is -2.33. The second kappa shape index (κ2) is 10.1. The van der Waals surface area contributed by atoms with E-state index in [-0.39, 0.29) is 23.9 Å². The molecule has 1 aromatic heterocycles. The summed E-state index contributed by atoms with van der Waals surface area (Å²) in [5, 5.41) is 3.82. The van der Waals surface area contributed by atoms with Crippen LogP contribution in [-0.2, 0) is 28.9 Å². The van der Waals surface area contributed by atoms with Crippen molar-refractivity contribution in [1.82, 2.24) is 19.9 Å². The van der Waals surface area contributed by atoms with Gasteiger partial charge in [0, 0.05) is 31.7 Å². The third kappa shape index (κ3) is 6.17. The predicted octanol–water partition coefficient (Wildman–Crippen LogP) is 3.62. The van der Waals surface area contributed by atoms with Gasteiger partial charge in [0.1, 0.15) is 6.61 Å². The molecule has 1 fully saturated rings. The lowest BCUT2D eigenvalue weighted by atomic mass is 10.1. The largest absolute Gasteiger partial charge is 0.416 e. The first-order chi connectivity index (χ1) is 15.9. The van der Waals surface area contributed by atoms with E-state index in [1.54, 1.807) is 4.90 Å². The average Bonchev–Trinajstić information content (AvgIpc) is 3.28. The molecular weight excluding hydrogens is 437 g/mol. The van der Waals surface area contributed by atoms with Gasteiger partial charge < -0.3 is 14.2 Å². The molecule has 174 valence electrons. The Kier molecular flexibility index (Phi) is 7.05. The lowest BCUT2D eigenvalue weighted by molar-refractivity contribution is -0.138. The quantitative estimate of drug-likeness (QED) is 0.537. The van der Waals surface area contributed by atoms with Gasteiger partial charge in [-0.25, -0.2) is 0 Å². The zero-order valence-electron chi connectivity index (χ0n) is 17.8. The van der Waals surface area contributed by atoms with Gasteiger partial charge in [0.05, 0.1) is 18.7 Å². The highest BCUT2D eigenvalue weighted by molar-refractivity contribution is 5.77. The van der Waals surface area contributed by atoms with Crippen molar-refractivity contribution in [3.05, 3.63) is 71.6 Å². The van der Waals surface area contributed by atoms with E-state index in [9.17, 15) is 18.0 Å². The van der Waals surface area contributed by atoms with Crippen LogP contribution in [0, 0.1) is 0 Å². The van der Waals surface area contributed by atoms with Crippen LogP contribution < -0.4 is 0 Å². The van der Waals surface area contributed by atoms with Gasteiger partial charge in [0.2, 0.25) is 17.6 Å². The number of piperazine rings is 1. The van der Waals surface area contributed by atoms with E-state index >= 15 is 0 Å². The Bertz CT molecular complexity index is 1060. The van der Waals surface area contributed by atoms with Crippen molar-refractivity contribution < 1.29 is 27.2 Å². The van der Waals surface area contributed by atoms with Crippen LogP contribution in [0.4, 0.5) is 13.2 Å². The van der Waals surface area contributed by atoms with Gasteiger partial charge in [-0.15, -0.1) is 0 Å². The zero-order chi connectivity index (χ0) is 23.3. The summed E-state index contributed by atoms with van der Waals surface area (Å²) in [7, 11) is 0. The summed E-state index contributed by atoms with van der Waals surface area (Å²) in [5.41, 5.74) is 0.491. The Balaban J connectivity index is 1.24. The molecule has 2 aromatic carbocycles. The molecule has 0 radical (unpaired) electrons. The Morgan fingerprint density at radius 1 is 1.03 bits per heavy atom. The Hall–Kier alpha value is -3.24. The standard InChI is InChI=1S/C23H23F3N4O3/c24-23(25,26)19-8-4-7-18(13-19)22-27-20(33-28-22)14-29-9-11-30(12-10-29)21(31)16-32-15-17-5-2-1-3-6-17/h1-8,13H,9-12,14-16H2. The molecule has 3 aromatic rings. The van der Waals surface area contributed by atoms with E-state index in [4.69, 9.17) is 9.26 Å². The summed E-state index contributed by atoms with van der Waals surface area (Å²) >= 11 is 0. The van der Waals surface area contributed by atoms with E-state index in [2.05, 4.69) is 15.0 Å². The number of carbonyl (C=O) groups excluding carboxylic acids is 1. The van der Waals surface area contributed by atoms with Gasteiger partial charge in [-0.2, -0.15) is 18.2 Å². The predicted molar refractivity (Wildman–Crippen MR) is 113 cm³/mol. The first-order valence-corrected chi connectivity index (χ1v) is 10.5. The molecule has 2 heterocycles. The Morgan fingerprint density at radius 3 is 2.52 bits per heavy atom. The van der Waals surface area contributed by atoms with E-state index < -0.39 is 11.7 Å². The van der Waals surface area contributed by atoms with Crippen LogP contribution in [0.15, 0.2) is 59.1 Å². The number of carbonyl (C=O) groups is 1. The first kappa shape index (κ1) is 22.9. The Morgan fingerprint density at radius 2 is 1.79 bits per heavy atom. The number of hydrogen-bond donors (Lipinski definition) is 0. The molecule has 1 saturated heterocycles. The fourth-order valence-corrected chi connectivity index (χ4v) is 3.54. The minimum absolute atomic E-state index is 0.0267. The molecule has 0 unspecified atom stereocenters. The van der Waals surface area contributed by atoms with Gasteiger partial charge in [-0.1, -0.05) is 47.6 Å². The maximum atomic E-state index is 12.9. The van der Waals surface area contributed by atoms with Gasteiger partial charge >= 0.3 is 6.18 Å². The molecule has 10 heteroatoms. The third-order valence-electron chi connectivity index (χ3n) is 5.34. The molecule has 1 amide bonds. The molecule has 0 N–H and O–H groups in total. The number of benzene rings is 2. The molecule has 0 aliphatic carbocycles. The van der Waals surface area contributed by atoms with E-state index in [0.717, 1.165) is 17.7 Å². The molecular formula is C23H23F3N4O3. The highest BCUT2D eigenvalue weighted by Gasteiger charge is 2.31. The maximum absolute atomic E-state index is 12.9. The lowest BCUT2D eigenvalue weighted by Crippen LogP contribution is -2.49. The number of aromatic nitrogens is 2. The van der Waals surface area contributed by atoms with Crippen LogP contribution in [0.1, 0.15) is 17.0 Å². The van der Waals surface area contributed by atoms with Crippen LogP contribution in [-0.4, -0.2) is 58.6 Å². The minimum atomic E-state index is -4.44. The molecule has 7 nitrogen and oxygen atoms in total. The van der Waals surface area contributed by atoms with Crippen molar-refractivity contribution in [3.63, 3.8) is 0 Å². The third-order valence-corrected chi connectivity index (χ3v) is 5.34. The Labute approximate surface area is 188 Å². The van der Waals surface area contributed by atoms with Gasteiger partial charge in [0.25, 0.3) is 0 Å². The molecule has 0 bridgehead atoms. The summed E-state index contributed by atoms with van der Waals surface area (Å²) in [6, 6.07) is 14.5. The van der Waals surface area contributed by atoms with Gasteiger partial charge in [0.15, 0.2) is 0 Å². The van der Waals surface area contributed by atoms with E-state index in [1.807, 2.05) is 30.3 Å². The van der Waals surface area contributed by atoms with Crippen LogP contribution in [0.5, 0.6) is 0 Å². The van der Waals surface area contributed by atoms with Gasteiger partial charge in [-0.05, 0) is 17.7 Å². The maximum Gasteiger partial charge on any atom is 0.416 e. The second-order valence-corrected chi connectivity index (χ2v) is 7.73. The first-order valence-electron chi connectivity index (χ1n) is 10.5. The number of ether oxygens (including phenoxy) is 1. The van der Waals surface area contributed by atoms with Crippen molar-refractivity contribution in [2.45, 2.75) is 19.3 Å². The minimum Gasteiger partial charge on any atom is -0.367 e. The highest BCUT2D eigenvalue weighted by atomic mass is 19.4. The van der Waals surface area contributed by atoms with E-state index in [1.165, 1.54) is 12.1 Å². The molecule has 1 aliphatic rings. The van der Waals surface area contributed by atoms with Crippen molar-refractivity contribution in [2.24, 2.45) is 0 Å². The number of halogens is 3. The number of amides is 1.